The minimum atomic E-state index is -0.917. The van der Waals surface area contributed by atoms with Gasteiger partial charge in [0.1, 0.15) is 0 Å². The second-order valence-corrected chi connectivity index (χ2v) is 1.81. The van der Waals surface area contributed by atoms with E-state index in [4.69, 9.17) is 12.0 Å². The first kappa shape index (κ1) is 6.96. The van der Waals surface area contributed by atoms with E-state index in [1.165, 1.54) is 0 Å². The van der Waals surface area contributed by atoms with Gasteiger partial charge in [0.15, 0.2) is 0 Å². The zero-order valence-electron chi connectivity index (χ0n) is 4.94. The van der Waals surface area contributed by atoms with E-state index >= 15 is 0 Å². The lowest BCUT2D eigenvalue weighted by atomic mass is 10.0. The summed E-state index contributed by atoms with van der Waals surface area (Å²) in [5.41, 5.74) is -0.917. The molecule has 0 spiro atoms. The van der Waals surface area contributed by atoms with E-state index < -0.39 is 5.60 Å². The van der Waals surface area contributed by atoms with Crippen LogP contribution in [0.2, 0.25) is 0 Å². The molecule has 0 fully saturated rings. The summed E-state index contributed by atoms with van der Waals surface area (Å²) in [4.78, 5) is 0. The summed E-state index contributed by atoms with van der Waals surface area (Å²) in [7, 11) is 0. The van der Waals surface area contributed by atoms with Crippen molar-refractivity contribution in [1.29, 1.82) is 0 Å². The van der Waals surface area contributed by atoms with Crippen LogP contribution >= 0.6 is 0 Å². The Labute approximate surface area is 45.4 Å². The van der Waals surface area contributed by atoms with Crippen LogP contribution in [0.15, 0.2) is 0 Å². The molecule has 1 N–H and O–H groups in total. The van der Waals surface area contributed by atoms with Crippen molar-refractivity contribution in [2.45, 2.75) is 32.3 Å². The zero-order valence-corrected chi connectivity index (χ0v) is 4.94. The molecule has 0 aromatic heterocycles. The molecule has 0 saturated carbocycles. The molecule has 0 amide bonds. The van der Waals surface area contributed by atoms with Crippen molar-refractivity contribution in [3.05, 3.63) is 6.92 Å². The molecule has 0 aliphatic carbocycles. The van der Waals surface area contributed by atoms with Crippen LogP contribution in [-0.2, 0) is 0 Å². The van der Waals surface area contributed by atoms with Crippen molar-refractivity contribution in [2.75, 3.05) is 0 Å². The average molecular weight is 100 g/mol. The molecule has 0 atom stereocenters. The maximum absolute atomic E-state index is 8.91. The minimum Gasteiger partial charge on any atom is -0.390 e. The summed E-state index contributed by atoms with van der Waals surface area (Å²) in [6.45, 7) is 9.00. The molecule has 0 aliphatic rings. The highest BCUT2D eigenvalue weighted by atomic mass is 16.3. The Bertz CT molecular complexity index is 42.1. The Morgan fingerprint density at radius 1 is 1.43 bits per heavy atom. The lowest BCUT2D eigenvalue weighted by Gasteiger charge is -2.16. The molecule has 2 radical (unpaired) electrons. The summed E-state index contributed by atoms with van der Waals surface area (Å²) >= 11 is 0. The topological polar surface area (TPSA) is 20.2 Å². The molecule has 1 nitrogen and oxygen atoms in total. The van der Waals surface area contributed by atoms with Gasteiger partial charge in [0, 0.05) is 0 Å². The first-order valence-electron chi connectivity index (χ1n) is 2.63. The van der Waals surface area contributed by atoms with Crippen molar-refractivity contribution < 1.29 is 5.11 Å². The highest BCUT2D eigenvalue weighted by Gasteiger charge is 2.12. The molecule has 0 saturated heterocycles. The van der Waals surface area contributed by atoms with Crippen molar-refractivity contribution in [1.82, 2.24) is 0 Å². The number of hydrogen-bond donors (Lipinski definition) is 1. The molecule has 1 heteroatoms. The van der Waals surface area contributed by atoms with Gasteiger partial charge in [0.05, 0.1) is 5.60 Å². The smallest absolute Gasteiger partial charge is 0.0678 e. The molecule has 0 bridgehead atoms. The second-order valence-electron chi connectivity index (χ2n) is 1.81. The van der Waals surface area contributed by atoms with E-state index in [1.807, 2.05) is 13.8 Å². The van der Waals surface area contributed by atoms with Crippen LogP contribution in [0, 0.1) is 6.92 Å². The summed E-state index contributed by atoms with van der Waals surface area (Å²) in [5, 5.41) is 8.91. The van der Waals surface area contributed by atoms with E-state index in [0.29, 0.717) is 12.8 Å². The lowest BCUT2D eigenvalue weighted by Crippen LogP contribution is -2.20. The molecule has 42 valence electrons. The SMILES string of the molecule is [CH]C(O)(CC)CC. The standard InChI is InChI=1S/C6H12O/c1-4-6(3,7)5-2/h3,7H,4-5H2,1-2H3. The average Bonchev–Trinajstić information content (AvgIpc) is 1.68. The fraction of sp³-hybridized carbons (Fsp3) is 0.833. The summed E-state index contributed by atoms with van der Waals surface area (Å²) in [6.07, 6.45) is 1.26. The van der Waals surface area contributed by atoms with Crippen LogP contribution in [0.4, 0.5) is 0 Å². The lowest BCUT2D eigenvalue weighted by molar-refractivity contribution is 0.0798. The van der Waals surface area contributed by atoms with Crippen LogP contribution in [0.5, 0.6) is 0 Å². The largest absolute Gasteiger partial charge is 0.390 e. The summed E-state index contributed by atoms with van der Waals surface area (Å²) in [6, 6.07) is 0. The number of hydrogen-bond acceptors (Lipinski definition) is 1. The number of aliphatic hydroxyl groups is 1. The maximum atomic E-state index is 8.91. The van der Waals surface area contributed by atoms with Crippen molar-refractivity contribution in [3.63, 3.8) is 0 Å². The van der Waals surface area contributed by atoms with Gasteiger partial charge in [-0.25, -0.2) is 0 Å². The van der Waals surface area contributed by atoms with Crippen LogP contribution in [-0.4, -0.2) is 10.7 Å². The van der Waals surface area contributed by atoms with E-state index in [9.17, 15) is 0 Å². The van der Waals surface area contributed by atoms with Crippen LogP contribution < -0.4 is 0 Å². The van der Waals surface area contributed by atoms with Gasteiger partial charge < -0.3 is 5.11 Å². The first-order chi connectivity index (χ1) is 3.12. The summed E-state index contributed by atoms with van der Waals surface area (Å²) < 4.78 is 0. The molecule has 0 aliphatic heterocycles. The molecule has 0 heterocycles. The Morgan fingerprint density at radius 3 is 1.71 bits per heavy atom. The molecular formula is C6H12O. The fourth-order valence-corrected chi connectivity index (χ4v) is 0.250. The fourth-order valence-electron chi connectivity index (χ4n) is 0.250. The second kappa shape index (κ2) is 2.31. The van der Waals surface area contributed by atoms with Gasteiger partial charge in [-0.05, 0) is 19.8 Å². The predicted octanol–water partition coefficient (Wildman–Crippen LogP) is 1.25. The van der Waals surface area contributed by atoms with Gasteiger partial charge in [0.25, 0.3) is 0 Å². The maximum Gasteiger partial charge on any atom is 0.0678 e. The number of rotatable bonds is 2. The third kappa shape index (κ3) is 2.63. The van der Waals surface area contributed by atoms with E-state index in [-0.39, 0.29) is 0 Å². The van der Waals surface area contributed by atoms with Gasteiger partial charge in [-0.3, -0.25) is 0 Å². The van der Waals surface area contributed by atoms with Crippen molar-refractivity contribution in [3.8, 4) is 0 Å². The van der Waals surface area contributed by atoms with Crippen molar-refractivity contribution in [2.24, 2.45) is 0 Å². The Hall–Kier alpha value is -0.0400. The van der Waals surface area contributed by atoms with E-state index in [2.05, 4.69) is 0 Å². The Morgan fingerprint density at radius 2 is 1.71 bits per heavy atom. The summed E-state index contributed by atoms with van der Waals surface area (Å²) in [5.74, 6) is 0. The van der Waals surface area contributed by atoms with Crippen LogP contribution in [0.1, 0.15) is 26.7 Å². The van der Waals surface area contributed by atoms with Crippen LogP contribution in [0.3, 0.4) is 0 Å². The molecule has 0 rings (SSSR count). The van der Waals surface area contributed by atoms with Crippen molar-refractivity contribution >= 4 is 0 Å². The Kier molecular flexibility index (Phi) is 2.30. The van der Waals surface area contributed by atoms with Gasteiger partial charge in [0.2, 0.25) is 0 Å². The third-order valence-electron chi connectivity index (χ3n) is 1.22. The monoisotopic (exact) mass is 100 g/mol. The van der Waals surface area contributed by atoms with Crippen LogP contribution in [0.25, 0.3) is 0 Å². The van der Waals surface area contributed by atoms with E-state index in [0.717, 1.165) is 0 Å². The normalized spacial score (nSPS) is 12.0. The highest BCUT2D eigenvalue weighted by Crippen LogP contribution is 2.10. The third-order valence-corrected chi connectivity index (χ3v) is 1.22. The van der Waals surface area contributed by atoms with E-state index in [1.54, 1.807) is 0 Å². The Balaban J connectivity index is 3.36. The highest BCUT2D eigenvalue weighted by molar-refractivity contribution is 4.76. The molecular weight excluding hydrogens is 88.1 g/mol. The zero-order chi connectivity index (χ0) is 5.91. The van der Waals surface area contributed by atoms with Gasteiger partial charge in [-0.1, -0.05) is 13.8 Å². The quantitative estimate of drug-likeness (QED) is 0.553. The predicted molar refractivity (Wildman–Crippen MR) is 29.8 cm³/mol. The van der Waals surface area contributed by atoms with Gasteiger partial charge in [-0.2, -0.15) is 0 Å². The molecule has 0 aromatic carbocycles. The molecule has 0 unspecified atom stereocenters. The minimum absolute atomic E-state index is 0.628. The van der Waals surface area contributed by atoms with Gasteiger partial charge >= 0.3 is 0 Å². The van der Waals surface area contributed by atoms with Gasteiger partial charge in [-0.15, -0.1) is 0 Å². The molecule has 0 aromatic rings. The molecule has 7 heavy (non-hydrogen) atoms. The first-order valence-corrected chi connectivity index (χ1v) is 2.63.